The van der Waals surface area contributed by atoms with Gasteiger partial charge in [-0.25, -0.2) is 4.98 Å². The molecule has 1 N–H and O–H groups in total. The van der Waals surface area contributed by atoms with E-state index in [2.05, 4.69) is 25.4 Å². The smallest absolute Gasteiger partial charge is 0.381 e. The second-order valence-electron chi connectivity index (χ2n) is 10.1. The number of fused-ring (bicyclic) bond motifs is 2. The molecule has 3 aliphatic rings. The van der Waals surface area contributed by atoms with Gasteiger partial charge in [0.25, 0.3) is 0 Å². The molecule has 0 spiro atoms. The maximum absolute atomic E-state index is 14.0. The number of nitrogens with zero attached hydrogens (tertiary/aromatic N) is 4. The summed E-state index contributed by atoms with van der Waals surface area (Å²) in [7, 11) is 0. The number of halogens is 3. The second-order valence-corrected chi connectivity index (χ2v) is 11.0. The third kappa shape index (κ3) is 4.88. The monoisotopic (exact) mass is 503 g/mol. The predicted molar refractivity (Wildman–Crippen MR) is 129 cm³/mol. The third-order valence-corrected chi connectivity index (χ3v) is 8.54. The Morgan fingerprint density at radius 3 is 2.57 bits per heavy atom. The largest absolute Gasteiger partial charge is 0.420 e. The molecule has 35 heavy (non-hydrogen) atoms. The lowest BCUT2D eigenvalue weighted by Gasteiger charge is -2.28. The average Bonchev–Trinajstić information content (AvgIpc) is 3.54. The number of rotatable bonds is 5. The Morgan fingerprint density at radius 1 is 1.06 bits per heavy atom. The number of nitrogens with one attached hydrogen (secondary N) is 1. The number of hydrogen-bond acceptors (Lipinski definition) is 7. The summed E-state index contributed by atoms with van der Waals surface area (Å²) in [6.07, 6.45) is -0.516. The molecule has 1 saturated carbocycles. The fourth-order valence-corrected chi connectivity index (χ4v) is 6.74. The highest BCUT2D eigenvalue weighted by atomic mass is 32.1. The van der Waals surface area contributed by atoms with Crippen molar-refractivity contribution in [1.82, 2.24) is 20.1 Å². The maximum atomic E-state index is 14.0. The van der Waals surface area contributed by atoms with Crippen molar-refractivity contribution < 1.29 is 17.9 Å². The number of alkyl halides is 3. The summed E-state index contributed by atoms with van der Waals surface area (Å²) in [6.45, 7) is 4.91. The van der Waals surface area contributed by atoms with Crippen molar-refractivity contribution in [3.63, 3.8) is 0 Å². The van der Waals surface area contributed by atoms with Gasteiger partial charge in [-0.2, -0.15) is 13.2 Å². The molecule has 0 bridgehead atoms. The number of hydrogen-bond donors (Lipinski definition) is 1. The van der Waals surface area contributed by atoms with Gasteiger partial charge in [-0.15, -0.1) is 21.5 Å². The average molecular weight is 504 g/mol. The summed E-state index contributed by atoms with van der Waals surface area (Å²) in [5.41, 5.74) is 2.59. The van der Waals surface area contributed by atoms with Crippen molar-refractivity contribution in [2.24, 2.45) is 17.8 Å². The van der Waals surface area contributed by atoms with Crippen molar-refractivity contribution in [3.05, 3.63) is 35.3 Å². The summed E-state index contributed by atoms with van der Waals surface area (Å²) in [5.74, 6) is 1.60. The van der Waals surface area contributed by atoms with Gasteiger partial charge in [0.2, 0.25) is 0 Å². The lowest BCUT2D eigenvalue weighted by molar-refractivity contribution is -0.137. The molecule has 6 nitrogen and oxygen atoms in total. The highest BCUT2D eigenvalue weighted by Gasteiger charge is 2.42. The molecule has 3 aromatic rings. The van der Waals surface area contributed by atoms with E-state index in [0.717, 1.165) is 74.8 Å². The van der Waals surface area contributed by atoms with Crippen LogP contribution in [0, 0.1) is 17.8 Å². The van der Waals surface area contributed by atoms with Gasteiger partial charge in [-0.3, -0.25) is 0 Å². The molecule has 0 radical (unpaired) electrons. The molecule has 2 aromatic heterocycles. The SMILES string of the molecule is FC(F)(F)c1cc(-c2ccc3ncsc3c2)nnc1NC1CC2CN(CC3CCOCC3)CC2C1. The predicted octanol–water partition coefficient (Wildman–Crippen LogP) is 5.32. The van der Waals surface area contributed by atoms with E-state index < -0.39 is 11.7 Å². The molecule has 2 aliphatic heterocycles. The number of thiazole rings is 1. The molecule has 186 valence electrons. The van der Waals surface area contributed by atoms with Crippen LogP contribution >= 0.6 is 11.3 Å². The molecule has 2 atom stereocenters. The van der Waals surface area contributed by atoms with Crippen LogP contribution < -0.4 is 5.32 Å². The number of benzene rings is 1. The minimum absolute atomic E-state index is 0.00924. The van der Waals surface area contributed by atoms with Gasteiger partial charge in [-0.05, 0) is 61.6 Å². The van der Waals surface area contributed by atoms with E-state index in [1.807, 2.05) is 6.07 Å². The Hall–Kier alpha value is -2.30. The fourth-order valence-electron chi connectivity index (χ4n) is 6.02. The Labute approximate surface area is 205 Å². The van der Waals surface area contributed by atoms with Gasteiger partial charge in [0.15, 0.2) is 5.82 Å². The van der Waals surface area contributed by atoms with Crippen LogP contribution in [0.5, 0.6) is 0 Å². The number of ether oxygens (including phenoxy) is 1. The van der Waals surface area contributed by atoms with E-state index in [1.54, 1.807) is 17.6 Å². The standard InChI is InChI=1S/C25H28F3N5OS/c26-25(27,28)20-10-22(16-1-2-21-23(9-16)35-14-29-21)31-32-24(20)30-19-7-17-12-33(13-18(17)8-19)11-15-3-5-34-6-4-15/h1-2,9-10,14-15,17-19H,3-8,11-13H2,(H,30,32). The Balaban J connectivity index is 1.14. The summed E-state index contributed by atoms with van der Waals surface area (Å²) in [4.78, 5) is 6.78. The molecule has 10 heteroatoms. The summed E-state index contributed by atoms with van der Waals surface area (Å²) in [6, 6.07) is 6.45. The molecule has 2 saturated heterocycles. The first kappa shape index (κ1) is 23.1. The minimum atomic E-state index is -4.52. The second kappa shape index (κ2) is 9.29. The van der Waals surface area contributed by atoms with E-state index in [9.17, 15) is 13.2 Å². The van der Waals surface area contributed by atoms with E-state index in [0.29, 0.717) is 23.3 Å². The van der Waals surface area contributed by atoms with Crippen LogP contribution in [0.4, 0.5) is 19.0 Å². The first-order valence-corrected chi connectivity index (χ1v) is 13.2. The highest BCUT2D eigenvalue weighted by Crippen LogP contribution is 2.42. The Bertz CT molecular complexity index is 1180. The van der Waals surface area contributed by atoms with Crippen molar-refractivity contribution in [1.29, 1.82) is 0 Å². The van der Waals surface area contributed by atoms with Crippen LogP contribution in [0.1, 0.15) is 31.2 Å². The number of aromatic nitrogens is 3. The molecular weight excluding hydrogens is 475 g/mol. The van der Waals surface area contributed by atoms with Gasteiger partial charge in [-0.1, -0.05) is 6.07 Å². The Kier molecular flexibility index (Phi) is 6.14. The topological polar surface area (TPSA) is 63.2 Å². The van der Waals surface area contributed by atoms with Crippen LogP contribution in [0.3, 0.4) is 0 Å². The van der Waals surface area contributed by atoms with E-state index in [1.165, 1.54) is 11.3 Å². The van der Waals surface area contributed by atoms with Crippen molar-refractivity contribution >= 4 is 27.4 Å². The van der Waals surface area contributed by atoms with E-state index in [-0.39, 0.29) is 17.6 Å². The van der Waals surface area contributed by atoms with Crippen LogP contribution in [-0.4, -0.2) is 59.0 Å². The molecule has 1 aliphatic carbocycles. The maximum Gasteiger partial charge on any atom is 0.420 e. The van der Waals surface area contributed by atoms with Crippen LogP contribution in [-0.2, 0) is 10.9 Å². The summed E-state index contributed by atoms with van der Waals surface area (Å²) in [5, 5.41) is 11.3. The van der Waals surface area contributed by atoms with E-state index >= 15 is 0 Å². The molecule has 1 aromatic carbocycles. The molecule has 2 unspecified atom stereocenters. The molecular formula is C25H28F3N5OS. The van der Waals surface area contributed by atoms with Crippen molar-refractivity contribution in [2.75, 3.05) is 38.2 Å². The van der Waals surface area contributed by atoms with Gasteiger partial charge in [0.05, 0.1) is 21.4 Å². The summed E-state index contributed by atoms with van der Waals surface area (Å²) < 4.78 is 48.4. The zero-order chi connectivity index (χ0) is 24.0. The molecule has 6 rings (SSSR count). The molecule has 4 heterocycles. The fraction of sp³-hybridized carbons (Fsp3) is 0.560. The van der Waals surface area contributed by atoms with Crippen LogP contribution in [0.25, 0.3) is 21.5 Å². The van der Waals surface area contributed by atoms with Gasteiger partial charge in [0.1, 0.15) is 5.56 Å². The summed E-state index contributed by atoms with van der Waals surface area (Å²) >= 11 is 1.45. The lowest BCUT2D eigenvalue weighted by Crippen LogP contribution is -2.32. The highest BCUT2D eigenvalue weighted by molar-refractivity contribution is 7.16. The van der Waals surface area contributed by atoms with Crippen molar-refractivity contribution in [2.45, 2.75) is 37.9 Å². The normalized spacial score (nSPS) is 25.9. The zero-order valence-corrected chi connectivity index (χ0v) is 20.1. The van der Waals surface area contributed by atoms with Gasteiger partial charge < -0.3 is 15.0 Å². The number of likely N-dealkylation sites (tertiary alicyclic amines) is 1. The quantitative estimate of drug-likeness (QED) is 0.509. The first-order valence-electron chi connectivity index (χ1n) is 12.3. The third-order valence-electron chi connectivity index (χ3n) is 7.75. The van der Waals surface area contributed by atoms with Gasteiger partial charge >= 0.3 is 6.18 Å². The molecule has 3 fully saturated rings. The first-order chi connectivity index (χ1) is 16.9. The Morgan fingerprint density at radius 2 is 1.83 bits per heavy atom. The van der Waals surface area contributed by atoms with Gasteiger partial charge in [0, 0.05) is 44.5 Å². The number of anilines is 1. The van der Waals surface area contributed by atoms with Crippen molar-refractivity contribution in [3.8, 4) is 11.3 Å². The van der Waals surface area contributed by atoms with E-state index in [4.69, 9.17) is 4.74 Å². The molecule has 0 amide bonds. The van der Waals surface area contributed by atoms with Crippen LogP contribution in [0.15, 0.2) is 29.8 Å². The minimum Gasteiger partial charge on any atom is -0.381 e. The van der Waals surface area contributed by atoms with Crippen LogP contribution in [0.2, 0.25) is 0 Å². The lowest BCUT2D eigenvalue weighted by atomic mass is 10.00. The zero-order valence-electron chi connectivity index (χ0n) is 19.3.